The second-order valence-corrected chi connectivity index (χ2v) is 12.5. The molecular weight excluding hydrogens is 462 g/mol. The molecule has 37 heavy (non-hydrogen) atoms. The Balaban J connectivity index is 1.09. The van der Waals surface area contributed by atoms with Gasteiger partial charge in [0.15, 0.2) is 0 Å². The van der Waals surface area contributed by atoms with Crippen LogP contribution in [-0.4, -0.2) is 72.3 Å². The number of nitrogens with zero attached hydrogens (tertiary/aromatic N) is 4. The van der Waals surface area contributed by atoms with Gasteiger partial charge in [-0.3, -0.25) is 4.79 Å². The molecule has 2 N–H and O–H groups in total. The van der Waals surface area contributed by atoms with Crippen molar-refractivity contribution in [3.63, 3.8) is 0 Å². The number of hydrogen-bond acceptors (Lipinski definition) is 6. The molecule has 0 spiro atoms. The van der Waals surface area contributed by atoms with Crippen molar-refractivity contribution in [3.05, 3.63) is 53.7 Å². The fourth-order valence-electron chi connectivity index (χ4n) is 7.86. The summed E-state index contributed by atoms with van der Waals surface area (Å²) in [7, 11) is 4.19. The molecule has 4 bridgehead atoms. The summed E-state index contributed by atoms with van der Waals surface area (Å²) < 4.78 is 0. The maximum atomic E-state index is 13.3. The van der Waals surface area contributed by atoms with Crippen LogP contribution in [0.4, 0.5) is 11.5 Å². The van der Waals surface area contributed by atoms with Gasteiger partial charge in [0.05, 0.1) is 5.60 Å². The van der Waals surface area contributed by atoms with Crippen LogP contribution in [0.15, 0.2) is 42.5 Å². The minimum atomic E-state index is -0.484. The van der Waals surface area contributed by atoms with E-state index in [0.717, 1.165) is 64.1 Å². The summed E-state index contributed by atoms with van der Waals surface area (Å²) in [4.78, 5) is 25.1. The van der Waals surface area contributed by atoms with Crippen molar-refractivity contribution in [2.45, 2.75) is 63.3 Å². The topological polar surface area (TPSA) is 71.9 Å². The summed E-state index contributed by atoms with van der Waals surface area (Å²) >= 11 is 0. The van der Waals surface area contributed by atoms with E-state index < -0.39 is 5.60 Å². The normalized spacial score (nSPS) is 32.7. The van der Waals surface area contributed by atoms with Crippen LogP contribution in [0.5, 0.6) is 0 Å². The van der Waals surface area contributed by atoms with Crippen molar-refractivity contribution >= 4 is 17.4 Å². The maximum Gasteiger partial charge on any atom is 0.270 e. The summed E-state index contributed by atoms with van der Waals surface area (Å²) in [6, 6.07) is 15.2. The Morgan fingerprint density at radius 1 is 1.08 bits per heavy atom. The fourth-order valence-corrected chi connectivity index (χ4v) is 7.86. The number of hydrogen-bond donors (Lipinski definition) is 2. The second kappa shape index (κ2) is 9.59. The molecule has 1 amide bonds. The molecule has 0 radical (unpaired) electrons. The summed E-state index contributed by atoms with van der Waals surface area (Å²) in [6.07, 6.45) is 4.89. The van der Waals surface area contributed by atoms with E-state index in [-0.39, 0.29) is 18.0 Å². The van der Waals surface area contributed by atoms with Crippen molar-refractivity contribution in [1.29, 1.82) is 0 Å². The Bertz CT molecular complexity index is 1120. The second-order valence-electron chi connectivity index (χ2n) is 12.5. The number of carbonyl (C=O) groups excluding carboxylic acids is 1. The summed E-state index contributed by atoms with van der Waals surface area (Å²) in [5.41, 5.74) is 2.60. The number of benzene rings is 1. The first kappa shape index (κ1) is 24.7. The zero-order chi connectivity index (χ0) is 25.7. The number of carbonyl (C=O) groups is 1. The molecule has 7 rings (SSSR count). The Morgan fingerprint density at radius 3 is 2.46 bits per heavy atom. The lowest BCUT2D eigenvalue weighted by atomic mass is 9.52. The first-order valence-electron chi connectivity index (χ1n) is 14.0. The van der Waals surface area contributed by atoms with Crippen molar-refractivity contribution in [3.8, 4) is 0 Å². The molecule has 1 aliphatic heterocycles. The molecule has 198 valence electrons. The molecule has 1 aromatic heterocycles. The standard InChI is InChI=1S/C30H41N5O2/c1-20-18-34(25-9-7-21(8-10-25)19-33(2)3)11-12-35(20)27-6-4-5-26(31-27)29(36)32-28-23-13-22-14-24(28)17-30(37,15-22)16-23/h4-10,20,22-24,28,37H,11-19H2,1-3H3,(H,32,36)/t20-,22?,23?,24?,28-,30-/m1/s1. The van der Waals surface area contributed by atoms with Gasteiger partial charge in [-0.2, -0.15) is 0 Å². The third kappa shape index (κ3) is 4.96. The van der Waals surface area contributed by atoms with Gasteiger partial charge in [0.2, 0.25) is 0 Å². The lowest BCUT2D eigenvalue weighted by Crippen LogP contribution is -2.61. The first-order chi connectivity index (χ1) is 17.8. The lowest BCUT2D eigenvalue weighted by molar-refractivity contribution is -0.136. The third-order valence-electron chi connectivity index (χ3n) is 9.23. The molecule has 2 unspecified atom stereocenters. The third-order valence-corrected chi connectivity index (χ3v) is 9.23. The van der Waals surface area contributed by atoms with Crippen LogP contribution in [0.25, 0.3) is 0 Å². The van der Waals surface area contributed by atoms with Crippen LogP contribution in [-0.2, 0) is 6.54 Å². The average molecular weight is 504 g/mol. The first-order valence-corrected chi connectivity index (χ1v) is 14.0. The summed E-state index contributed by atoms with van der Waals surface area (Å²) in [5.74, 6) is 2.23. The summed E-state index contributed by atoms with van der Waals surface area (Å²) in [5, 5.41) is 14.2. The molecule has 4 aliphatic carbocycles. The van der Waals surface area contributed by atoms with Crippen LogP contribution in [0, 0.1) is 17.8 Å². The lowest BCUT2D eigenvalue weighted by Gasteiger charge is -2.58. The van der Waals surface area contributed by atoms with E-state index >= 15 is 0 Å². The maximum absolute atomic E-state index is 13.3. The molecule has 7 nitrogen and oxygen atoms in total. The van der Waals surface area contributed by atoms with Gasteiger partial charge in [0.25, 0.3) is 5.91 Å². The molecule has 7 heteroatoms. The Morgan fingerprint density at radius 2 is 1.81 bits per heavy atom. The molecule has 2 heterocycles. The van der Waals surface area contributed by atoms with E-state index in [1.165, 1.54) is 11.3 Å². The molecule has 4 saturated carbocycles. The van der Waals surface area contributed by atoms with E-state index in [2.05, 4.69) is 65.3 Å². The highest BCUT2D eigenvalue weighted by molar-refractivity contribution is 5.93. The van der Waals surface area contributed by atoms with Crippen molar-refractivity contribution in [1.82, 2.24) is 15.2 Å². The number of anilines is 2. The van der Waals surface area contributed by atoms with Crippen LogP contribution < -0.4 is 15.1 Å². The minimum Gasteiger partial charge on any atom is -0.390 e. The van der Waals surface area contributed by atoms with E-state index in [4.69, 9.17) is 4.98 Å². The van der Waals surface area contributed by atoms with E-state index in [1.807, 2.05) is 18.2 Å². The van der Waals surface area contributed by atoms with Gasteiger partial charge in [-0.1, -0.05) is 18.2 Å². The zero-order valence-electron chi connectivity index (χ0n) is 22.4. The highest BCUT2D eigenvalue weighted by Gasteiger charge is 2.55. The number of nitrogens with one attached hydrogen (secondary N) is 1. The van der Waals surface area contributed by atoms with Gasteiger partial charge in [-0.05, 0) is 101 Å². The Hall–Kier alpha value is -2.64. The molecule has 2 aromatic rings. The number of piperazine rings is 1. The number of aromatic nitrogens is 1. The Kier molecular flexibility index (Phi) is 6.40. The minimum absolute atomic E-state index is 0.0737. The molecular formula is C30H41N5O2. The van der Waals surface area contributed by atoms with Crippen LogP contribution in [0.2, 0.25) is 0 Å². The van der Waals surface area contributed by atoms with Gasteiger partial charge in [-0.15, -0.1) is 0 Å². The van der Waals surface area contributed by atoms with E-state index in [0.29, 0.717) is 23.4 Å². The van der Waals surface area contributed by atoms with Crippen molar-refractivity contribution < 1.29 is 9.90 Å². The van der Waals surface area contributed by atoms with Crippen molar-refractivity contribution in [2.24, 2.45) is 17.8 Å². The van der Waals surface area contributed by atoms with E-state index in [9.17, 15) is 9.90 Å². The smallest absolute Gasteiger partial charge is 0.270 e. The zero-order valence-corrected chi connectivity index (χ0v) is 22.4. The SMILES string of the molecule is C[C@@H]1CN(c2ccc(CN(C)C)cc2)CCN1c1cccc(C(=O)N[C@H]2C3CC4CC2C[C@](O)(C4)C3)n1. The number of amides is 1. The van der Waals surface area contributed by atoms with Gasteiger partial charge >= 0.3 is 0 Å². The quantitative estimate of drug-likeness (QED) is 0.629. The van der Waals surface area contributed by atoms with Crippen LogP contribution in [0.1, 0.15) is 55.1 Å². The van der Waals surface area contributed by atoms with Crippen LogP contribution in [0.3, 0.4) is 0 Å². The van der Waals surface area contributed by atoms with Crippen molar-refractivity contribution in [2.75, 3.05) is 43.5 Å². The molecule has 1 aromatic carbocycles. The van der Waals surface area contributed by atoms with Gasteiger partial charge in [-0.25, -0.2) is 4.98 Å². The highest BCUT2D eigenvalue weighted by atomic mass is 16.3. The number of rotatable bonds is 6. The summed E-state index contributed by atoms with van der Waals surface area (Å²) in [6.45, 7) is 5.89. The average Bonchev–Trinajstić information content (AvgIpc) is 2.85. The largest absolute Gasteiger partial charge is 0.390 e. The van der Waals surface area contributed by atoms with Crippen LogP contribution >= 0.6 is 0 Å². The van der Waals surface area contributed by atoms with E-state index in [1.54, 1.807) is 0 Å². The van der Waals surface area contributed by atoms with Gasteiger partial charge in [0.1, 0.15) is 11.5 Å². The molecule has 1 saturated heterocycles. The Labute approximate surface area is 220 Å². The highest BCUT2D eigenvalue weighted by Crippen LogP contribution is 2.55. The van der Waals surface area contributed by atoms with Gasteiger partial charge in [0, 0.05) is 44.0 Å². The monoisotopic (exact) mass is 503 g/mol. The number of aliphatic hydroxyl groups is 1. The molecule has 5 fully saturated rings. The van der Waals surface area contributed by atoms with Gasteiger partial charge < -0.3 is 25.1 Å². The molecule has 5 aliphatic rings. The number of pyridine rings is 1. The predicted molar refractivity (Wildman–Crippen MR) is 147 cm³/mol. The molecule has 3 atom stereocenters. The predicted octanol–water partition coefficient (Wildman–Crippen LogP) is 3.53. The fraction of sp³-hybridized carbons (Fsp3) is 0.600.